The summed E-state index contributed by atoms with van der Waals surface area (Å²) in [5.41, 5.74) is 5.90. The molecule has 21 heavy (non-hydrogen) atoms. The number of carbonyl (C=O) groups is 1. The van der Waals surface area contributed by atoms with E-state index < -0.39 is 15.9 Å². The molecule has 7 heteroatoms. The highest BCUT2D eigenvalue weighted by Gasteiger charge is 2.28. The predicted molar refractivity (Wildman–Crippen MR) is 84.8 cm³/mol. The van der Waals surface area contributed by atoms with Crippen LogP contribution in [0.15, 0.2) is 0 Å². The Hall–Kier alpha value is -0.660. The van der Waals surface area contributed by atoms with E-state index >= 15 is 0 Å². The molecule has 1 fully saturated rings. The largest absolute Gasteiger partial charge is 0.352 e. The molecule has 0 spiro atoms. The van der Waals surface area contributed by atoms with E-state index in [-0.39, 0.29) is 29.7 Å². The summed E-state index contributed by atoms with van der Waals surface area (Å²) in [6.07, 6.45) is 3.13. The number of likely N-dealkylation sites (tertiary alicyclic amines) is 1. The maximum atomic E-state index is 12.0. The van der Waals surface area contributed by atoms with Gasteiger partial charge in [-0.15, -0.1) is 0 Å². The molecule has 1 heterocycles. The first kappa shape index (κ1) is 18.4. The summed E-state index contributed by atoms with van der Waals surface area (Å²) in [6.45, 7) is 8.47. The Morgan fingerprint density at radius 1 is 1.33 bits per heavy atom. The van der Waals surface area contributed by atoms with E-state index in [4.69, 9.17) is 5.73 Å². The number of carbonyl (C=O) groups excluding carboxylic acids is 1. The van der Waals surface area contributed by atoms with Crippen LogP contribution in [0, 0.1) is 0 Å². The van der Waals surface area contributed by atoms with Gasteiger partial charge < -0.3 is 11.1 Å². The van der Waals surface area contributed by atoms with Crippen molar-refractivity contribution < 1.29 is 13.2 Å². The average Bonchev–Trinajstić information content (AvgIpc) is 2.34. The van der Waals surface area contributed by atoms with Gasteiger partial charge in [0.05, 0.1) is 11.8 Å². The molecular weight excluding hydrogens is 290 g/mol. The summed E-state index contributed by atoms with van der Waals surface area (Å²) in [6, 6.07) is -0.610. The number of sulfone groups is 1. The summed E-state index contributed by atoms with van der Waals surface area (Å²) in [7, 11) is -3.08. The Kier molecular flexibility index (Phi) is 6.19. The SMILES string of the molecule is CC(C)(C)N1CCC(NC(=O)C(N)CCS(C)(=O)=O)CC1. The molecule has 1 aliphatic rings. The van der Waals surface area contributed by atoms with E-state index in [1.165, 1.54) is 0 Å². The fraction of sp³-hybridized carbons (Fsp3) is 0.929. The Morgan fingerprint density at radius 3 is 2.29 bits per heavy atom. The third kappa shape index (κ3) is 6.76. The van der Waals surface area contributed by atoms with Crippen molar-refractivity contribution in [1.82, 2.24) is 10.2 Å². The zero-order chi connectivity index (χ0) is 16.3. The standard InChI is InChI=1S/C14H29N3O3S/c1-14(2,3)17-8-5-11(6-9-17)16-13(18)12(15)7-10-21(4,19)20/h11-12H,5-10,15H2,1-4H3,(H,16,18). The smallest absolute Gasteiger partial charge is 0.237 e. The van der Waals surface area contributed by atoms with E-state index in [0.29, 0.717) is 0 Å². The minimum Gasteiger partial charge on any atom is -0.352 e. The van der Waals surface area contributed by atoms with Crippen LogP contribution in [0.3, 0.4) is 0 Å². The van der Waals surface area contributed by atoms with Crippen LogP contribution in [-0.4, -0.2) is 61.9 Å². The fourth-order valence-electron chi connectivity index (χ4n) is 2.48. The van der Waals surface area contributed by atoms with E-state index in [1.54, 1.807) is 0 Å². The molecule has 0 aromatic carbocycles. The number of hydrogen-bond donors (Lipinski definition) is 2. The third-order valence-corrected chi connectivity index (χ3v) is 4.90. The highest BCUT2D eigenvalue weighted by atomic mass is 32.2. The van der Waals surface area contributed by atoms with Crippen LogP contribution in [-0.2, 0) is 14.6 Å². The number of hydrogen-bond acceptors (Lipinski definition) is 5. The molecule has 0 aromatic heterocycles. The molecule has 0 bridgehead atoms. The predicted octanol–water partition coefficient (Wildman–Crippen LogP) is 0.128. The molecule has 0 aromatic rings. The van der Waals surface area contributed by atoms with Gasteiger partial charge in [-0.2, -0.15) is 0 Å². The molecule has 3 N–H and O–H groups in total. The summed E-state index contributed by atoms with van der Waals surface area (Å²) in [5.74, 6) is -0.294. The van der Waals surface area contributed by atoms with Gasteiger partial charge in [-0.05, 0) is 40.0 Å². The Labute approximate surface area is 128 Å². The number of nitrogens with one attached hydrogen (secondary N) is 1. The summed E-state index contributed by atoms with van der Waals surface area (Å²) < 4.78 is 22.2. The van der Waals surface area contributed by atoms with Crippen molar-refractivity contribution >= 4 is 15.7 Å². The molecule has 1 unspecified atom stereocenters. The molecular formula is C14H29N3O3S. The van der Waals surface area contributed by atoms with Crippen molar-refractivity contribution in [1.29, 1.82) is 0 Å². The quantitative estimate of drug-likeness (QED) is 0.751. The average molecular weight is 319 g/mol. The summed E-state index contributed by atoms with van der Waals surface area (Å²) in [5, 5.41) is 2.94. The van der Waals surface area contributed by atoms with Crippen molar-refractivity contribution in [2.75, 3.05) is 25.1 Å². The second kappa shape index (κ2) is 7.07. The maximum absolute atomic E-state index is 12.0. The van der Waals surface area contributed by atoms with Crippen molar-refractivity contribution in [3.05, 3.63) is 0 Å². The zero-order valence-electron chi connectivity index (χ0n) is 13.6. The summed E-state index contributed by atoms with van der Waals surface area (Å²) in [4.78, 5) is 14.4. The van der Waals surface area contributed by atoms with Crippen LogP contribution in [0.5, 0.6) is 0 Å². The van der Waals surface area contributed by atoms with Gasteiger partial charge in [0.25, 0.3) is 0 Å². The molecule has 6 nitrogen and oxygen atoms in total. The van der Waals surface area contributed by atoms with E-state index in [0.717, 1.165) is 32.2 Å². The van der Waals surface area contributed by atoms with Crippen LogP contribution in [0.2, 0.25) is 0 Å². The Balaban J connectivity index is 2.36. The monoisotopic (exact) mass is 319 g/mol. The molecule has 0 radical (unpaired) electrons. The van der Waals surface area contributed by atoms with Gasteiger partial charge in [-0.3, -0.25) is 9.69 Å². The Morgan fingerprint density at radius 2 is 1.86 bits per heavy atom. The molecule has 124 valence electrons. The van der Waals surface area contributed by atoms with E-state index in [2.05, 4.69) is 31.0 Å². The van der Waals surface area contributed by atoms with Crippen LogP contribution >= 0.6 is 0 Å². The first-order valence-electron chi connectivity index (χ1n) is 7.48. The molecule has 1 saturated heterocycles. The number of rotatable bonds is 5. The highest BCUT2D eigenvalue weighted by molar-refractivity contribution is 7.90. The van der Waals surface area contributed by atoms with Gasteiger partial charge >= 0.3 is 0 Å². The van der Waals surface area contributed by atoms with Crippen molar-refractivity contribution in [3.8, 4) is 0 Å². The number of piperidine rings is 1. The lowest BCUT2D eigenvalue weighted by molar-refractivity contribution is -0.123. The minimum atomic E-state index is -3.08. The molecule has 0 saturated carbocycles. The van der Waals surface area contributed by atoms with Crippen LogP contribution < -0.4 is 11.1 Å². The van der Waals surface area contributed by atoms with E-state index in [1.807, 2.05) is 0 Å². The first-order chi connectivity index (χ1) is 9.49. The van der Waals surface area contributed by atoms with Gasteiger partial charge in [0, 0.05) is 30.9 Å². The molecule has 1 amide bonds. The highest BCUT2D eigenvalue weighted by Crippen LogP contribution is 2.20. The van der Waals surface area contributed by atoms with Crippen LogP contribution in [0.4, 0.5) is 0 Å². The van der Waals surface area contributed by atoms with Gasteiger partial charge in [0.15, 0.2) is 0 Å². The van der Waals surface area contributed by atoms with Crippen molar-refractivity contribution in [2.45, 2.75) is 57.7 Å². The normalized spacial score (nSPS) is 20.2. The number of nitrogens with zero attached hydrogens (tertiary/aromatic N) is 1. The lowest BCUT2D eigenvalue weighted by atomic mass is 9.98. The van der Waals surface area contributed by atoms with E-state index in [9.17, 15) is 13.2 Å². The fourth-order valence-corrected chi connectivity index (χ4v) is 3.16. The maximum Gasteiger partial charge on any atom is 0.237 e. The molecule has 1 atom stereocenters. The van der Waals surface area contributed by atoms with Gasteiger partial charge in [0.1, 0.15) is 9.84 Å². The number of amides is 1. The zero-order valence-corrected chi connectivity index (χ0v) is 14.4. The second-order valence-electron chi connectivity index (χ2n) is 6.97. The lowest BCUT2D eigenvalue weighted by Gasteiger charge is -2.41. The third-order valence-electron chi connectivity index (χ3n) is 3.93. The molecule has 1 rings (SSSR count). The van der Waals surface area contributed by atoms with Crippen LogP contribution in [0.25, 0.3) is 0 Å². The number of nitrogens with two attached hydrogens (primary N) is 1. The summed E-state index contributed by atoms with van der Waals surface area (Å²) >= 11 is 0. The van der Waals surface area contributed by atoms with Crippen LogP contribution in [0.1, 0.15) is 40.0 Å². The first-order valence-corrected chi connectivity index (χ1v) is 9.54. The van der Waals surface area contributed by atoms with Gasteiger partial charge in [0.2, 0.25) is 5.91 Å². The Bertz CT molecular complexity index is 449. The van der Waals surface area contributed by atoms with Crippen molar-refractivity contribution in [3.63, 3.8) is 0 Å². The topological polar surface area (TPSA) is 92.5 Å². The van der Waals surface area contributed by atoms with Gasteiger partial charge in [-0.25, -0.2) is 8.42 Å². The molecule has 1 aliphatic heterocycles. The second-order valence-corrected chi connectivity index (χ2v) is 9.23. The molecule has 0 aliphatic carbocycles. The lowest BCUT2D eigenvalue weighted by Crippen LogP contribution is -2.53. The van der Waals surface area contributed by atoms with Gasteiger partial charge in [-0.1, -0.05) is 0 Å². The minimum absolute atomic E-state index is 0.0515. The van der Waals surface area contributed by atoms with Crippen molar-refractivity contribution in [2.24, 2.45) is 5.73 Å².